The first kappa shape index (κ1) is 25.8. The lowest BCUT2D eigenvalue weighted by Gasteiger charge is -2.39. The first-order valence-electron chi connectivity index (χ1n) is 13.3. The zero-order valence-corrected chi connectivity index (χ0v) is 22.8. The van der Waals surface area contributed by atoms with Crippen molar-refractivity contribution in [1.29, 1.82) is 0 Å². The predicted octanol–water partition coefficient (Wildman–Crippen LogP) is 6.04. The van der Waals surface area contributed by atoms with Crippen LogP contribution in [0.3, 0.4) is 0 Å². The number of anilines is 2. The Bertz CT molecular complexity index is 1470. The summed E-state index contributed by atoms with van der Waals surface area (Å²) in [4.78, 5) is 18.7. The number of allylic oxidation sites excluding steroid dienone is 1. The minimum atomic E-state index is -0.894. The van der Waals surface area contributed by atoms with Gasteiger partial charge in [-0.25, -0.2) is 8.78 Å². The van der Waals surface area contributed by atoms with Gasteiger partial charge in [0.2, 0.25) is 0 Å². The van der Waals surface area contributed by atoms with Crippen molar-refractivity contribution >= 4 is 34.6 Å². The monoisotopic (exact) mass is 548 g/mol. The third-order valence-electron chi connectivity index (χ3n) is 7.86. The minimum absolute atomic E-state index is 0.0207. The summed E-state index contributed by atoms with van der Waals surface area (Å²) in [6, 6.07) is 16.4. The standard InChI is InChI=1S/C31H31ClF2N4O/c1-18-4-3-5-26(34)29(18)30(19-6-7-19)36(2)27-11-9-20(13-28(27)37-14-22(33)15-37)24-12-21(8-10-25(24)32)31(39)38-16-23(35)17-38/h3-5,8-13,22-23H,6-7,14-17,35H2,1-2H3. The van der Waals surface area contributed by atoms with Gasteiger partial charge in [-0.15, -0.1) is 0 Å². The lowest BCUT2D eigenvalue weighted by atomic mass is 9.98. The summed E-state index contributed by atoms with van der Waals surface area (Å²) in [5.41, 5.74) is 13.2. The van der Waals surface area contributed by atoms with E-state index in [1.54, 1.807) is 23.1 Å². The molecule has 8 heteroatoms. The molecule has 2 saturated heterocycles. The van der Waals surface area contributed by atoms with Gasteiger partial charge in [0.25, 0.3) is 5.91 Å². The van der Waals surface area contributed by atoms with Gasteiger partial charge in [0, 0.05) is 47.9 Å². The third-order valence-corrected chi connectivity index (χ3v) is 8.19. The van der Waals surface area contributed by atoms with Crippen LogP contribution in [0.1, 0.15) is 34.3 Å². The van der Waals surface area contributed by atoms with E-state index in [1.165, 1.54) is 11.6 Å². The molecule has 2 aliphatic heterocycles. The highest BCUT2D eigenvalue weighted by Crippen LogP contribution is 2.45. The van der Waals surface area contributed by atoms with Gasteiger partial charge in [-0.05, 0) is 72.9 Å². The number of halogens is 3. The molecular formula is C31H31ClF2N4O. The molecule has 5 nitrogen and oxygen atoms in total. The van der Waals surface area contributed by atoms with Crippen LogP contribution < -0.4 is 15.5 Å². The van der Waals surface area contributed by atoms with Crippen molar-refractivity contribution in [3.8, 4) is 11.1 Å². The van der Waals surface area contributed by atoms with E-state index in [2.05, 4.69) is 0 Å². The predicted molar refractivity (Wildman–Crippen MR) is 154 cm³/mol. The Kier molecular flexibility index (Phi) is 6.60. The fourth-order valence-electron chi connectivity index (χ4n) is 5.52. The van der Waals surface area contributed by atoms with Crippen molar-refractivity contribution in [2.75, 3.05) is 43.0 Å². The van der Waals surface area contributed by atoms with Crippen LogP contribution in [0.15, 0.2) is 60.2 Å². The van der Waals surface area contributed by atoms with Crippen molar-refractivity contribution in [2.24, 2.45) is 5.73 Å². The zero-order chi connectivity index (χ0) is 27.4. The molecule has 2 heterocycles. The van der Waals surface area contributed by atoms with Crippen LogP contribution in [-0.4, -0.2) is 56.2 Å². The Morgan fingerprint density at radius 1 is 1.05 bits per heavy atom. The number of rotatable bonds is 6. The summed E-state index contributed by atoms with van der Waals surface area (Å²) in [5, 5.41) is 0.522. The van der Waals surface area contributed by atoms with E-state index in [4.69, 9.17) is 17.3 Å². The molecule has 3 aromatic carbocycles. The number of alkyl halides is 1. The summed E-state index contributed by atoms with van der Waals surface area (Å²) in [7, 11) is 1.95. The van der Waals surface area contributed by atoms with E-state index in [-0.39, 0.29) is 30.9 Å². The molecule has 202 valence electrons. The molecule has 1 aliphatic carbocycles. The lowest BCUT2D eigenvalue weighted by molar-refractivity contribution is 0.0608. The molecule has 3 fully saturated rings. The summed E-state index contributed by atoms with van der Waals surface area (Å²) in [6.45, 7) is 3.58. The Hall–Kier alpha value is -3.42. The van der Waals surface area contributed by atoms with E-state index >= 15 is 4.39 Å². The first-order chi connectivity index (χ1) is 18.7. The second-order valence-corrected chi connectivity index (χ2v) is 11.2. The lowest BCUT2D eigenvalue weighted by Crippen LogP contribution is -2.57. The number of nitrogens with zero attached hydrogens (tertiary/aromatic N) is 3. The van der Waals surface area contributed by atoms with Gasteiger partial charge >= 0.3 is 0 Å². The fourth-order valence-corrected chi connectivity index (χ4v) is 5.75. The van der Waals surface area contributed by atoms with E-state index in [0.717, 1.165) is 46.6 Å². The molecule has 0 radical (unpaired) electrons. The topological polar surface area (TPSA) is 52.8 Å². The Morgan fingerprint density at radius 2 is 1.79 bits per heavy atom. The second kappa shape index (κ2) is 9.96. The van der Waals surface area contributed by atoms with Gasteiger partial charge in [0.05, 0.1) is 30.2 Å². The van der Waals surface area contributed by atoms with E-state index in [9.17, 15) is 9.18 Å². The third kappa shape index (κ3) is 4.79. The number of aryl methyl sites for hydroxylation is 1. The molecule has 0 atom stereocenters. The molecule has 0 unspecified atom stereocenters. The molecular weight excluding hydrogens is 518 g/mol. The van der Waals surface area contributed by atoms with Crippen LogP contribution in [0.2, 0.25) is 5.02 Å². The van der Waals surface area contributed by atoms with Crippen LogP contribution in [0.25, 0.3) is 16.8 Å². The first-order valence-corrected chi connectivity index (χ1v) is 13.7. The molecule has 1 amide bonds. The second-order valence-electron chi connectivity index (χ2n) is 10.8. The summed E-state index contributed by atoms with van der Waals surface area (Å²) in [5.74, 6) is -0.325. The number of nitrogens with two attached hydrogens (primary N) is 1. The molecule has 0 spiro atoms. The van der Waals surface area contributed by atoms with E-state index < -0.39 is 6.17 Å². The molecule has 1 saturated carbocycles. The van der Waals surface area contributed by atoms with Crippen LogP contribution in [0.4, 0.5) is 20.2 Å². The van der Waals surface area contributed by atoms with Gasteiger partial charge in [0.15, 0.2) is 0 Å². The van der Waals surface area contributed by atoms with Crippen molar-refractivity contribution in [3.63, 3.8) is 0 Å². The fraction of sp³-hybridized carbons (Fsp3) is 0.323. The van der Waals surface area contributed by atoms with Crippen LogP contribution >= 0.6 is 11.6 Å². The molecule has 3 aromatic rings. The maximum atomic E-state index is 15.1. The van der Waals surface area contributed by atoms with Crippen LogP contribution in [-0.2, 0) is 0 Å². The number of carbonyl (C=O) groups is 1. The van der Waals surface area contributed by atoms with Gasteiger partial charge in [0.1, 0.15) is 12.0 Å². The maximum Gasteiger partial charge on any atom is 0.253 e. The molecule has 0 bridgehead atoms. The normalized spacial score (nSPS) is 17.1. The number of hydrogen-bond donors (Lipinski definition) is 1. The SMILES string of the molecule is Cc1cccc(F)c1C(=C1CC1)N(C)c1ccc(-c2cc(C(=O)N3CC(N)C3)ccc2Cl)cc1N1CC(F)C1. The quantitative estimate of drug-likeness (QED) is 0.408. The Morgan fingerprint density at radius 3 is 2.44 bits per heavy atom. The van der Waals surface area contributed by atoms with Gasteiger partial charge < -0.3 is 20.4 Å². The van der Waals surface area contributed by atoms with Crippen molar-refractivity contribution in [1.82, 2.24) is 4.90 Å². The average Bonchev–Trinajstić information content (AvgIpc) is 3.71. The minimum Gasteiger partial charge on any atom is -0.364 e. The largest absolute Gasteiger partial charge is 0.364 e. The number of hydrogen-bond acceptors (Lipinski definition) is 4. The van der Waals surface area contributed by atoms with Crippen molar-refractivity contribution in [3.05, 3.63) is 87.7 Å². The van der Waals surface area contributed by atoms with Gasteiger partial charge in [-0.2, -0.15) is 0 Å². The average molecular weight is 549 g/mol. The number of likely N-dealkylation sites (tertiary alicyclic amines) is 1. The van der Waals surface area contributed by atoms with Gasteiger partial charge in [-0.1, -0.05) is 29.8 Å². The molecule has 6 rings (SSSR count). The Labute approximate surface area is 232 Å². The van der Waals surface area contributed by atoms with Crippen molar-refractivity contribution in [2.45, 2.75) is 32.0 Å². The molecule has 39 heavy (non-hydrogen) atoms. The van der Waals surface area contributed by atoms with Gasteiger partial charge in [-0.3, -0.25) is 4.79 Å². The molecule has 3 aliphatic rings. The summed E-state index contributed by atoms with van der Waals surface area (Å²) in [6.07, 6.45) is 0.958. The van der Waals surface area contributed by atoms with E-state index in [1.807, 2.05) is 54.1 Å². The van der Waals surface area contributed by atoms with Crippen LogP contribution in [0, 0.1) is 12.7 Å². The summed E-state index contributed by atoms with van der Waals surface area (Å²) >= 11 is 6.63. The zero-order valence-electron chi connectivity index (χ0n) is 22.1. The number of carbonyl (C=O) groups excluding carboxylic acids is 1. The number of benzene rings is 3. The van der Waals surface area contributed by atoms with Crippen LogP contribution in [0.5, 0.6) is 0 Å². The smallest absolute Gasteiger partial charge is 0.253 e. The highest BCUT2D eigenvalue weighted by Gasteiger charge is 2.33. The highest BCUT2D eigenvalue weighted by atomic mass is 35.5. The highest BCUT2D eigenvalue weighted by molar-refractivity contribution is 6.33. The van der Waals surface area contributed by atoms with E-state index in [0.29, 0.717) is 29.2 Å². The summed E-state index contributed by atoms with van der Waals surface area (Å²) < 4.78 is 29.2. The number of amides is 1. The molecule has 2 N–H and O–H groups in total. The molecule has 0 aromatic heterocycles. The maximum absolute atomic E-state index is 15.1. The Balaban J connectivity index is 1.41. The van der Waals surface area contributed by atoms with Crippen molar-refractivity contribution < 1.29 is 13.6 Å².